The zero-order chi connectivity index (χ0) is 20.8. The number of hydrogen-bond acceptors (Lipinski definition) is 7. The second kappa shape index (κ2) is 10.00. The summed E-state index contributed by atoms with van der Waals surface area (Å²) in [5, 5.41) is 3.23. The van der Waals surface area contributed by atoms with Crippen LogP contribution in [0, 0.1) is 0 Å². The molecule has 3 heterocycles. The molecule has 3 rings (SSSR count). The lowest BCUT2D eigenvalue weighted by Gasteiger charge is -2.12. The topological polar surface area (TPSA) is 75.9 Å². The van der Waals surface area contributed by atoms with E-state index in [-0.39, 0.29) is 11.5 Å². The molecule has 2 aromatic heterocycles. The summed E-state index contributed by atoms with van der Waals surface area (Å²) in [6, 6.07) is 5.38. The average Bonchev–Trinajstić information content (AvgIpc) is 2.98. The molecule has 2 aromatic rings. The number of aromatic nitrogens is 2. The molecule has 0 radical (unpaired) electrons. The van der Waals surface area contributed by atoms with Gasteiger partial charge in [0, 0.05) is 32.5 Å². The minimum atomic E-state index is -0.233. The number of thioether (sulfide) groups is 1. The van der Waals surface area contributed by atoms with Gasteiger partial charge in [-0.2, -0.15) is 0 Å². The highest BCUT2D eigenvalue weighted by Gasteiger charge is 2.31. The van der Waals surface area contributed by atoms with E-state index in [2.05, 4.69) is 10.3 Å². The molecule has 0 aliphatic carbocycles. The Balaban J connectivity index is 1.97. The minimum Gasteiger partial charge on any atom is -0.382 e. The fourth-order valence-electron chi connectivity index (χ4n) is 2.94. The predicted molar refractivity (Wildman–Crippen MR) is 121 cm³/mol. The van der Waals surface area contributed by atoms with Crippen LogP contribution in [0.1, 0.15) is 32.3 Å². The molecule has 1 amide bonds. The molecule has 0 saturated carbocycles. The molecule has 7 nitrogen and oxygen atoms in total. The smallest absolute Gasteiger partial charge is 0.267 e. The van der Waals surface area contributed by atoms with Crippen molar-refractivity contribution in [1.29, 1.82) is 0 Å². The Morgan fingerprint density at radius 2 is 2.14 bits per heavy atom. The summed E-state index contributed by atoms with van der Waals surface area (Å²) in [5.41, 5.74) is 0.659. The molecule has 0 spiro atoms. The molecule has 0 aromatic carbocycles. The lowest BCUT2D eigenvalue weighted by Crippen LogP contribution is -2.28. The summed E-state index contributed by atoms with van der Waals surface area (Å²) in [6.07, 6.45) is 4.87. The number of hydrogen-bond donors (Lipinski definition) is 1. The zero-order valence-electron chi connectivity index (χ0n) is 16.5. The summed E-state index contributed by atoms with van der Waals surface area (Å²) >= 11 is 6.55. The van der Waals surface area contributed by atoms with Crippen molar-refractivity contribution in [2.24, 2.45) is 0 Å². The maximum absolute atomic E-state index is 13.1. The molecule has 1 N–H and O–H groups in total. The average molecular weight is 433 g/mol. The van der Waals surface area contributed by atoms with Crippen molar-refractivity contribution in [3.8, 4) is 0 Å². The van der Waals surface area contributed by atoms with Crippen molar-refractivity contribution in [2.75, 3.05) is 31.6 Å². The number of nitrogens with zero attached hydrogens (tertiary/aromatic N) is 3. The van der Waals surface area contributed by atoms with Crippen LogP contribution < -0.4 is 10.9 Å². The predicted octanol–water partition coefficient (Wildman–Crippen LogP) is 3.14. The van der Waals surface area contributed by atoms with Crippen molar-refractivity contribution in [2.45, 2.75) is 26.7 Å². The molecular formula is C20H24N4O3S2. The zero-order valence-corrected chi connectivity index (χ0v) is 18.1. The summed E-state index contributed by atoms with van der Waals surface area (Å²) in [5.74, 6) is 0.292. The second-order valence-electron chi connectivity index (χ2n) is 6.42. The van der Waals surface area contributed by atoms with Gasteiger partial charge in [0.05, 0.1) is 10.5 Å². The third-order valence-electron chi connectivity index (χ3n) is 4.33. The van der Waals surface area contributed by atoms with Crippen LogP contribution in [0.25, 0.3) is 11.7 Å². The minimum absolute atomic E-state index is 0.165. The maximum Gasteiger partial charge on any atom is 0.267 e. The van der Waals surface area contributed by atoms with Gasteiger partial charge in [0.1, 0.15) is 15.8 Å². The molecule has 0 unspecified atom stereocenters. The van der Waals surface area contributed by atoms with Crippen LogP contribution in [0.3, 0.4) is 0 Å². The fraction of sp³-hybridized carbons (Fsp3) is 0.400. The third kappa shape index (κ3) is 4.85. The van der Waals surface area contributed by atoms with Gasteiger partial charge in [-0.05, 0) is 38.0 Å². The molecule has 29 heavy (non-hydrogen) atoms. The van der Waals surface area contributed by atoms with Gasteiger partial charge in [0.2, 0.25) is 0 Å². The Labute approximate surface area is 179 Å². The van der Waals surface area contributed by atoms with Crippen molar-refractivity contribution < 1.29 is 9.53 Å². The lowest BCUT2D eigenvalue weighted by molar-refractivity contribution is -0.122. The van der Waals surface area contributed by atoms with E-state index in [9.17, 15) is 9.59 Å². The molecule has 154 valence electrons. The Hall–Kier alpha value is -2.23. The van der Waals surface area contributed by atoms with Crippen molar-refractivity contribution in [3.05, 3.63) is 45.2 Å². The number of carbonyl (C=O) groups excluding carboxylic acids is 1. The Morgan fingerprint density at radius 3 is 2.90 bits per heavy atom. The first-order valence-corrected chi connectivity index (χ1v) is 10.9. The number of nitrogens with one attached hydrogen (secondary N) is 1. The van der Waals surface area contributed by atoms with Gasteiger partial charge in [0.15, 0.2) is 0 Å². The van der Waals surface area contributed by atoms with E-state index in [0.717, 1.165) is 12.8 Å². The molecular weight excluding hydrogens is 408 g/mol. The number of rotatable bonds is 9. The molecule has 1 saturated heterocycles. The molecule has 0 atom stereocenters. The highest BCUT2D eigenvalue weighted by atomic mass is 32.2. The highest BCUT2D eigenvalue weighted by Crippen LogP contribution is 2.33. The van der Waals surface area contributed by atoms with E-state index < -0.39 is 0 Å². The van der Waals surface area contributed by atoms with E-state index in [4.69, 9.17) is 17.0 Å². The summed E-state index contributed by atoms with van der Waals surface area (Å²) < 4.78 is 7.35. The standard InChI is InChI=1S/C20H24N4O3S2/c1-3-10-24-19(26)15(29-20(24)28)13-14-17(21-9-7-12-27-4-2)22-16-8-5-6-11-23(16)18(14)25/h5-6,8,11,13,21H,3-4,7,9-10,12H2,1-2H3/b15-13+. The van der Waals surface area contributed by atoms with Gasteiger partial charge in [-0.3, -0.25) is 18.9 Å². The molecule has 1 fully saturated rings. The first-order chi connectivity index (χ1) is 14.1. The highest BCUT2D eigenvalue weighted by molar-refractivity contribution is 8.26. The Bertz CT molecular complexity index is 1000. The number of ether oxygens (including phenoxy) is 1. The number of anilines is 1. The van der Waals surface area contributed by atoms with Gasteiger partial charge in [0.25, 0.3) is 11.5 Å². The molecule has 9 heteroatoms. The molecule has 1 aliphatic rings. The number of amides is 1. The van der Waals surface area contributed by atoms with Crippen LogP contribution >= 0.6 is 24.0 Å². The number of pyridine rings is 1. The van der Waals surface area contributed by atoms with Crippen LogP contribution in [-0.4, -0.2) is 50.8 Å². The normalized spacial score (nSPS) is 15.7. The van der Waals surface area contributed by atoms with E-state index in [1.54, 1.807) is 29.3 Å². The monoisotopic (exact) mass is 432 g/mol. The van der Waals surface area contributed by atoms with Crippen LogP contribution in [0.15, 0.2) is 34.1 Å². The Morgan fingerprint density at radius 1 is 1.31 bits per heavy atom. The first-order valence-electron chi connectivity index (χ1n) is 9.65. The Kier molecular flexibility index (Phi) is 7.40. The van der Waals surface area contributed by atoms with Crippen molar-refractivity contribution >= 4 is 51.7 Å². The first kappa shape index (κ1) is 21.5. The largest absolute Gasteiger partial charge is 0.382 e. The summed E-state index contributed by atoms with van der Waals surface area (Å²) in [6.45, 7) is 6.41. The van der Waals surface area contributed by atoms with Gasteiger partial charge in [-0.15, -0.1) is 0 Å². The maximum atomic E-state index is 13.1. The van der Waals surface area contributed by atoms with Crippen LogP contribution in [-0.2, 0) is 9.53 Å². The second-order valence-corrected chi connectivity index (χ2v) is 8.09. The van der Waals surface area contributed by atoms with Crippen LogP contribution in [0.2, 0.25) is 0 Å². The van der Waals surface area contributed by atoms with Crippen LogP contribution in [0.5, 0.6) is 0 Å². The SMILES string of the molecule is CCCN1C(=O)/C(=C\c2c(NCCCOCC)nc3ccccn3c2=O)SC1=S. The molecule has 0 bridgehead atoms. The van der Waals surface area contributed by atoms with E-state index in [1.807, 2.05) is 19.9 Å². The van der Waals surface area contributed by atoms with E-state index in [1.165, 1.54) is 16.2 Å². The van der Waals surface area contributed by atoms with Crippen LogP contribution in [0.4, 0.5) is 5.82 Å². The number of thiocarbonyl (C=S) groups is 1. The third-order valence-corrected chi connectivity index (χ3v) is 5.71. The van der Waals surface area contributed by atoms with Crippen molar-refractivity contribution in [1.82, 2.24) is 14.3 Å². The fourth-order valence-corrected chi connectivity index (χ4v) is 4.23. The van der Waals surface area contributed by atoms with Gasteiger partial charge >= 0.3 is 0 Å². The van der Waals surface area contributed by atoms with Gasteiger partial charge in [-0.25, -0.2) is 4.98 Å². The van der Waals surface area contributed by atoms with E-state index >= 15 is 0 Å². The van der Waals surface area contributed by atoms with Gasteiger partial charge in [-0.1, -0.05) is 37.0 Å². The summed E-state index contributed by atoms with van der Waals surface area (Å²) in [7, 11) is 0. The van der Waals surface area contributed by atoms with Gasteiger partial charge < -0.3 is 10.1 Å². The number of fused-ring (bicyclic) bond motifs is 1. The lowest BCUT2D eigenvalue weighted by atomic mass is 10.2. The van der Waals surface area contributed by atoms with Crippen molar-refractivity contribution in [3.63, 3.8) is 0 Å². The number of carbonyl (C=O) groups is 1. The quantitative estimate of drug-likeness (QED) is 0.371. The summed E-state index contributed by atoms with van der Waals surface area (Å²) in [4.78, 5) is 32.4. The van der Waals surface area contributed by atoms with E-state index in [0.29, 0.717) is 52.6 Å². The molecule has 1 aliphatic heterocycles.